The summed E-state index contributed by atoms with van der Waals surface area (Å²) >= 11 is 0. The number of amides is 2. The average molecular weight is 312 g/mol. The molecule has 2 aromatic rings. The molecule has 0 aliphatic heterocycles. The molecular weight excluding hydrogens is 295 g/mol. The monoisotopic (exact) mass is 312 g/mol. The second kappa shape index (κ2) is 6.60. The van der Waals surface area contributed by atoms with Crippen LogP contribution in [0.15, 0.2) is 48.5 Å². The van der Waals surface area contributed by atoms with Crippen molar-refractivity contribution in [2.24, 2.45) is 0 Å². The lowest BCUT2D eigenvalue weighted by Gasteiger charge is -2.14. The number of carbonyl (C=O) groups is 2. The molecule has 4 nitrogen and oxygen atoms in total. The molecule has 0 saturated carbocycles. The lowest BCUT2D eigenvalue weighted by molar-refractivity contribution is -0.120. The first-order chi connectivity index (χ1) is 11.1. The van der Waals surface area contributed by atoms with E-state index in [4.69, 9.17) is 0 Å². The Labute approximate surface area is 133 Å². The number of fused-ring (bicyclic) bond motifs is 1. The van der Waals surface area contributed by atoms with Crippen molar-refractivity contribution in [3.05, 3.63) is 71.0 Å². The highest BCUT2D eigenvalue weighted by Gasteiger charge is 2.23. The zero-order chi connectivity index (χ0) is 16.2. The summed E-state index contributed by atoms with van der Waals surface area (Å²) in [4.78, 5) is 23.9. The number of nitrogens with one attached hydrogen (secondary N) is 2. The molecule has 0 heterocycles. The van der Waals surface area contributed by atoms with Gasteiger partial charge in [0.1, 0.15) is 5.82 Å². The minimum absolute atomic E-state index is 0.0240. The summed E-state index contributed by atoms with van der Waals surface area (Å²) in [5.74, 6) is -1.48. The van der Waals surface area contributed by atoms with Gasteiger partial charge in [0.05, 0.1) is 18.2 Å². The Hall–Kier alpha value is -2.69. The fraction of sp³-hybridized carbons (Fsp3) is 0.222. The van der Waals surface area contributed by atoms with Crippen molar-refractivity contribution >= 4 is 11.8 Å². The normalized spacial score (nSPS) is 15.8. The first-order valence-electron chi connectivity index (χ1n) is 7.55. The van der Waals surface area contributed by atoms with E-state index in [1.807, 2.05) is 18.2 Å². The van der Waals surface area contributed by atoms with Gasteiger partial charge in [0.15, 0.2) is 0 Å². The van der Waals surface area contributed by atoms with Gasteiger partial charge in [-0.1, -0.05) is 36.4 Å². The van der Waals surface area contributed by atoms with Crippen LogP contribution in [0, 0.1) is 5.82 Å². The van der Waals surface area contributed by atoms with Crippen LogP contribution in [0.2, 0.25) is 0 Å². The van der Waals surface area contributed by atoms with Crippen LogP contribution in [0.1, 0.15) is 33.9 Å². The number of hydrogen-bond donors (Lipinski definition) is 2. The topological polar surface area (TPSA) is 58.2 Å². The molecule has 0 aromatic heterocycles. The number of hydrogen-bond acceptors (Lipinski definition) is 2. The summed E-state index contributed by atoms with van der Waals surface area (Å²) < 4.78 is 13.5. The largest absolute Gasteiger partial charge is 0.348 e. The van der Waals surface area contributed by atoms with Crippen LogP contribution in [0.25, 0.3) is 0 Å². The highest BCUT2D eigenvalue weighted by Crippen LogP contribution is 2.30. The van der Waals surface area contributed by atoms with Crippen LogP contribution < -0.4 is 10.6 Å². The molecule has 0 bridgehead atoms. The minimum Gasteiger partial charge on any atom is -0.348 e. The molecule has 3 rings (SSSR count). The third kappa shape index (κ3) is 3.39. The maximum absolute atomic E-state index is 13.5. The molecule has 1 aliphatic rings. The second-order valence-corrected chi connectivity index (χ2v) is 5.52. The molecule has 23 heavy (non-hydrogen) atoms. The van der Waals surface area contributed by atoms with Gasteiger partial charge >= 0.3 is 0 Å². The zero-order valence-electron chi connectivity index (χ0n) is 12.5. The van der Waals surface area contributed by atoms with Crippen LogP contribution in [0.3, 0.4) is 0 Å². The minimum atomic E-state index is -0.602. The molecule has 0 radical (unpaired) electrons. The third-order valence-electron chi connectivity index (χ3n) is 4.00. The molecule has 1 atom stereocenters. The van der Waals surface area contributed by atoms with E-state index in [1.165, 1.54) is 23.8 Å². The van der Waals surface area contributed by atoms with Crippen molar-refractivity contribution in [3.8, 4) is 0 Å². The maximum Gasteiger partial charge on any atom is 0.254 e. The maximum atomic E-state index is 13.5. The summed E-state index contributed by atoms with van der Waals surface area (Å²) in [6.07, 6.45) is 1.79. The molecule has 1 aliphatic carbocycles. The Kier molecular flexibility index (Phi) is 4.37. The van der Waals surface area contributed by atoms with Crippen molar-refractivity contribution in [1.29, 1.82) is 0 Å². The molecule has 0 saturated heterocycles. The quantitative estimate of drug-likeness (QED) is 0.910. The van der Waals surface area contributed by atoms with E-state index in [0.29, 0.717) is 0 Å². The van der Waals surface area contributed by atoms with Gasteiger partial charge in [-0.2, -0.15) is 0 Å². The Balaban J connectivity index is 1.55. The van der Waals surface area contributed by atoms with Crippen LogP contribution in [0.5, 0.6) is 0 Å². The van der Waals surface area contributed by atoms with Gasteiger partial charge in [0.2, 0.25) is 5.91 Å². The van der Waals surface area contributed by atoms with E-state index in [0.717, 1.165) is 18.4 Å². The molecule has 118 valence electrons. The Bertz CT molecular complexity index is 745. The standard InChI is InChI=1S/C18H17FN2O2/c19-15-8-4-3-7-14(15)18(23)20-11-17(22)21-16-10-9-12-5-1-2-6-13(12)16/h1-8,16H,9-11H2,(H,20,23)(H,21,22)/t16-/m1/s1. The smallest absolute Gasteiger partial charge is 0.254 e. The van der Waals surface area contributed by atoms with Crippen molar-refractivity contribution < 1.29 is 14.0 Å². The highest BCUT2D eigenvalue weighted by atomic mass is 19.1. The van der Waals surface area contributed by atoms with Gasteiger partial charge in [0.25, 0.3) is 5.91 Å². The Morgan fingerprint density at radius 1 is 1.09 bits per heavy atom. The highest BCUT2D eigenvalue weighted by molar-refractivity contribution is 5.96. The molecule has 0 fully saturated rings. The van der Waals surface area contributed by atoms with Crippen LogP contribution in [-0.4, -0.2) is 18.4 Å². The summed E-state index contributed by atoms with van der Waals surface area (Å²) in [7, 11) is 0. The van der Waals surface area contributed by atoms with E-state index in [-0.39, 0.29) is 24.1 Å². The lowest BCUT2D eigenvalue weighted by atomic mass is 10.1. The number of aryl methyl sites for hydroxylation is 1. The second-order valence-electron chi connectivity index (χ2n) is 5.52. The van der Waals surface area contributed by atoms with E-state index < -0.39 is 11.7 Å². The summed E-state index contributed by atoms with van der Waals surface area (Å²) in [5, 5.41) is 5.36. The van der Waals surface area contributed by atoms with Gasteiger partial charge in [-0.05, 0) is 36.1 Å². The Morgan fingerprint density at radius 3 is 2.65 bits per heavy atom. The Morgan fingerprint density at radius 2 is 1.83 bits per heavy atom. The van der Waals surface area contributed by atoms with Crippen LogP contribution in [-0.2, 0) is 11.2 Å². The molecular formula is C18H17FN2O2. The van der Waals surface area contributed by atoms with Gasteiger partial charge in [-0.3, -0.25) is 9.59 Å². The number of halogens is 1. The molecule has 2 amide bonds. The first kappa shape index (κ1) is 15.2. The van der Waals surface area contributed by atoms with E-state index in [2.05, 4.69) is 16.7 Å². The third-order valence-corrected chi connectivity index (χ3v) is 4.00. The van der Waals surface area contributed by atoms with Gasteiger partial charge in [-0.15, -0.1) is 0 Å². The molecule has 2 N–H and O–H groups in total. The molecule has 0 unspecified atom stereocenters. The number of benzene rings is 2. The van der Waals surface area contributed by atoms with Crippen LogP contribution in [0.4, 0.5) is 4.39 Å². The van der Waals surface area contributed by atoms with E-state index in [9.17, 15) is 14.0 Å². The fourth-order valence-electron chi connectivity index (χ4n) is 2.85. The van der Waals surface area contributed by atoms with Gasteiger partial charge < -0.3 is 10.6 Å². The molecule has 2 aromatic carbocycles. The first-order valence-corrected chi connectivity index (χ1v) is 7.55. The summed E-state index contributed by atoms with van der Waals surface area (Å²) in [6, 6.07) is 13.7. The zero-order valence-corrected chi connectivity index (χ0v) is 12.5. The SMILES string of the molecule is O=C(CNC(=O)c1ccccc1F)N[C@@H]1CCc2ccccc21. The van der Waals surface area contributed by atoms with Crippen molar-refractivity contribution in [2.45, 2.75) is 18.9 Å². The predicted molar refractivity (Wildman–Crippen MR) is 84.4 cm³/mol. The van der Waals surface area contributed by atoms with Crippen LogP contribution >= 0.6 is 0 Å². The summed E-state index contributed by atoms with van der Waals surface area (Å²) in [6.45, 7) is -0.175. The van der Waals surface area contributed by atoms with E-state index >= 15 is 0 Å². The molecule has 0 spiro atoms. The number of rotatable bonds is 4. The fourth-order valence-corrected chi connectivity index (χ4v) is 2.85. The molecule has 5 heteroatoms. The predicted octanol–water partition coefficient (Wildman–Crippen LogP) is 2.36. The van der Waals surface area contributed by atoms with Crippen molar-refractivity contribution in [1.82, 2.24) is 10.6 Å². The van der Waals surface area contributed by atoms with Crippen molar-refractivity contribution in [3.63, 3.8) is 0 Å². The van der Waals surface area contributed by atoms with Crippen molar-refractivity contribution in [2.75, 3.05) is 6.54 Å². The van der Waals surface area contributed by atoms with E-state index in [1.54, 1.807) is 6.07 Å². The average Bonchev–Trinajstić information content (AvgIpc) is 2.96. The van der Waals surface area contributed by atoms with Gasteiger partial charge in [-0.25, -0.2) is 4.39 Å². The summed E-state index contributed by atoms with van der Waals surface area (Å²) in [5.41, 5.74) is 2.31. The lowest BCUT2D eigenvalue weighted by Crippen LogP contribution is -2.38. The van der Waals surface area contributed by atoms with Gasteiger partial charge in [0, 0.05) is 0 Å². The number of carbonyl (C=O) groups excluding carboxylic acids is 2.